The van der Waals surface area contributed by atoms with E-state index in [0.29, 0.717) is 27.4 Å². The third kappa shape index (κ3) is 2.33. The molecule has 6 aromatic rings. The molecular formula is C26H14ClNO2. The molecule has 0 spiro atoms. The lowest BCUT2D eigenvalue weighted by Crippen LogP contribution is -2.08. The van der Waals surface area contributed by atoms with Gasteiger partial charge in [0.1, 0.15) is 0 Å². The number of hydrogen-bond acceptors (Lipinski definition) is 2. The van der Waals surface area contributed by atoms with Crippen LogP contribution in [0.25, 0.3) is 54.1 Å². The van der Waals surface area contributed by atoms with Gasteiger partial charge in [-0.15, -0.1) is 0 Å². The summed E-state index contributed by atoms with van der Waals surface area (Å²) in [7, 11) is 0. The van der Waals surface area contributed by atoms with Crippen LogP contribution in [0.2, 0.25) is 0 Å². The molecule has 0 atom stereocenters. The Morgan fingerprint density at radius 1 is 0.667 bits per heavy atom. The normalized spacial score (nSPS) is 11.8. The molecule has 1 heterocycles. The molecule has 5 aromatic carbocycles. The van der Waals surface area contributed by atoms with E-state index in [9.17, 15) is 9.59 Å². The third-order valence-corrected chi connectivity index (χ3v) is 6.07. The molecule has 0 saturated heterocycles. The summed E-state index contributed by atoms with van der Waals surface area (Å²) in [5, 5.41) is 6.29. The van der Waals surface area contributed by atoms with Crippen molar-refractivity contribution < 1.29 is 4.79 Å². The number of rotatable bonds is 1. The summed E-state index contributed by atoms with van der Waals surface area (Å²) in [6.07, 6.45) is 0. The van der Waals surface area contributed by atoms with Crippen LogP contribution in [0.5, 0.6) is 0 Å². The van der Waals surface area contributed by atoms with Gasteiger partial charge in [0.05, 0.1) is 22.0 Å². The van der Waals surface area contributed by atoms with Gasteiger partial charge in [-0.05, 0) is 62.8 Å². The fraction of sp³-hybridized carbons (Fsp3) is 0. The molecule has 0 bridgehead atoms. The van der Waals surface area contributed by atoms with Gasteiger partial charge in [-0.1, -0.05) is 54.6 Å². The zero-order valence-electron chi connectivity index (χ0n) is 15.7. The van der Waals surface area contributed by atoms with E-state index >= 15 is 0 Å². The Kier molecular flexibility index (Phi) is 3.53. The van der Waals surface area contributed by atoms with E-state index in [-0.39, 0.29) is 5.43 Å². The van der Waals surface area contributed by atoms with Crippen molar-refractivity contribution in [3.63, 3.8) is 0 Å². The Morgan fingerprint density at radius 2 is 1.33 bits per heavy atom. The van der Waals surface area contributed by atoms with Gasteiger partial charge < -0.3 is 4.98 Å². The predicted molar refractivity (Wildman–Crippen MR) is 125 cm³/mol. The first-order valence-corrected chi connectivity index (χ1v) is 10.0. The Labute approximate surface area is 175 Å². The maximum absolute atomic E-state index is 13.6. The standard InChI is InChI=1S/C26H14ClNO2/c27-26(30)21-13-16-7-3-4-8-18(16)22-24(21)28-23-19(25(22)29)10-9-17-11-14-5-1-2-6-15(14)12-20(17)23/h1-13H,(H,28,29). The first-order valence-electron chi connectivity index (χ1n) is 9.64. The van der Waals surface area contributed by atoms with Crippen molar-refractivity contribution in [3.8, 4) is 0 Å². The minimum Gasteiger partial charge on any atom is -0.353 e. The minimum atomic E-state index is -0.591. The van der Waals surface area contributed by atoms with Gasteiger partial charge in [0, 0.05) is 10.8 Å². The molecule has 1 N–H and O–H groups in total. The smallest absolute Gasteiger partial charge is 0.254 e. The van der Waals surface area contributed by atoms with Gasteiger partial charge in [0.15, 0.2) is 5.43 Å². The summed E-state index contributed by atoms with van der Waals surface area (Å²) in [5.74, 6) is 0. The van der Waals surface area contributed by atoms with Crippen LogP contribution in [0.1, 0.15) is 10.4 Å². The summed E-state index contributed by atoms with van der Waals surface area (Å²) < 4.78 is 0. The topological polar surface area (TPSA) is 49.9 Å². The monoisotopic (exact) mass is 407 g/mol. The van der Waals surface area contributed by atoms with E-state index in [4.69, 9.17) is 11.6 Å². The number of halogens is 1. The van der Waals surface area contributed by atoms with Gasteiger partial charge in [0.2, 0.25) is 0 Å². The summed E-state index contributed by atoms with van der Waals surface area (Å²) >= 11 is 5.92. The minimum absolute atomic E-state index is 0.107. The van der Waals surface area contributed by atoms with Crippen LogP contribution >= 0.6 is 11.6 Å². The highest BCUT2D eigenvalue weighted by molar-refractivity contribution is 6.68. The van der Waals surface area contributed by atoms with Crippen LogP contribution in [0.3, 0.4) is 0 Å². The van der Waals surface area contributed by atoms with Crippen molar-refractivity contribution in [1.82, 2.24) is 4.98 Å². The molecule has 30 heavy (non-hydrogen) atoms. The highest BCUT2D eigenvalue weighted by Crippen LogP contribution is 2.32. The van der Waals surface area contributed by atoms with Gasteiger partial charge >= 0.3 is 0 Å². The van der Waals surface area contributed by atoms with Crippen LogP contribution in [0, 0.1) is 0 Å². The van der Waals surface area contributed by atoms with Gasteiger partial charge in [-0.3, -0.25) is 9.59 Å². The van der Waals surface area contributed by atoms with Crippen molar-refractivity contribution in [2.45, 2.75) is 0 Å². The second-order valence-corrected chi connectivity index (χ2v) is 7.87. The molecule has 6 rings (SSSR count). The fourth-order valence-corrected chi connectivity index (χ4v) is 4.61. The number of fused-ring (bicyclic) bond motifs is 7. The molecule has 0 unspecified atom stereocenters. The lowest BCUT2D eigenvalue weighted by atomic mass is 9.96. The van der Waals surface area contributed by atoms with Crippen LogP contribution < -0.4 is 5.43 Å². The molecule has 4 heteroatoms. The lowest BCUT2D eigenvalue weighted by molar-refractivity contribution is 0.108. The maximum Gasteiger partial charge on any atom is 0.254 e. The summed E-state index contributed by atoms with van der Waals surface area (Å²) in [4.78, 5) is 29.2. The van der Waals surface area contributed by atoms with Crippen molar-refractivity contribution in [1.29, 1.82) is 0 Å². The number of nitrogens with one attached hydrogen (secondary N) is 1. The Hall–Kier alpha value is -3.69. The van der Waals surface area contributed by atoms with E-state index in [1.165, 1.54) is 0 Å². The van der Waals surface area contributed by atoms with Crippen molar-refractivity contribution in [3.05, 3.63) is 94.6 Å². The van der Waals surface area contributed by atoms with Gasteiger partial charge in [-0.25, -0.2) is 0 Å². The molecule has 142 valence electrons. The Bertz CT molecular complexity index is 1750. The number of carbonyl (C=O) groups is 1. The Morgan fingerprint density at radius 3 is 2.10 bits per heavy atom. The van der Waals surface area contributed by atoms with Crippen molar-refractivity contribution >= 4 is 71.0 Å². The number of aromatic nitrogens is 1. The molecule has 0 aliphatic heterocycles. The average Bonchev–Trinajstić information content (AvgIpc) is 2.77. The molecule has 1 aromatic heterocycles. The average molecular weight is 408 g/mol. The maximum atomic E-state index is 13.6. The number of aromatic amines is 1. The number of carbonyl (C=O) groups excluding carboxylic acids is 1. The van der Waals surface area contributed by atoms with Crippen molar-refractivity contribution in [2.24, 2.45) is 0 Å². The molecular weight excluding hydrogens is 394 g/mol. The fourth-order valence-electron chi connectivity index (χ4n) is 4.47. The SMILES string of the molecule is O=C(Cl)c1cc2ccccc2c2c(=O)c3ccc4cc5ccccc5cc4c3[nH]c12. The second kappa shape index (κ2) is 6.15. The van der Waals surface area contributed by atoms with Crippen LogP contribution in [-0.4, -0.2) is 10.2 Å². The summed E-state index contributed by atoms with van der Waals surface area (Å²) in [6.45, 7) is 0. The van der Waals surface area contributed by atoms with Crippen LogP contribution in [0.15, 0.2) is 83.7 Å². The van der Waals surface area contributed by atoms with Crippen LogP contribution in [0.4, 0.5) is 0 Å². The number of hydrogen-bond donors (Lipinski definition) is 1. The molecule has 0 aliphatic carbocycles. The molecule has 0 radical (unpaired) electrons. The number of H-pyrrole nitrogens is 1. The van der Waals surface area contributed by atoms with E-state index in [1.807, 2.05) is 54.6 Å². The Balaban J connectivity index is 1.89. The number of pyridine rings is 1. The quantitative estimate of drug-likeness (QED) is 0.191. The zero-order chi connectivity index (χ0) is 20.4. The lowest BCUT2D eigenvalue weighted by Gasteiger charge is -2.12. The largest absolute Gasteiger partial charge is 0.353 e. The van der Waals surface area contributed by atoms with Crippen LogP contribution in [-0.2, 0) is 0 Å². The molecule has 0 aliphatic rings. The molecule has 3 nitrogen and oxygen atoms in total. The molecule has 0 fully saturated rings. The van der Waals surface area contributed by atoms with Gasteiger partial charge in [-0.2, -0.15) is 0 Å². The molecule has 0 saturated carbocycles. The first-order chi connectivity index (χ1) is 14.6. The second-order valence-electron chi connectivity index (χ2n) is 7.53. The highest BCUT2D eigenvalue weighted by atomic mass is 35.5. The zero-order valence-corrected chi connectivity index (χ0v) is 16.5. The van der Waals surface area contributed by atoms with E-state index < -0.39 is 5.24 Å². The van der Waals surface area contributed by atoms with E-state index in [2.05, 4.69) is 23.2 Å². The molecule has 0 amide bonds. The van der Waals surface area contributed by atoms with Crippen molar-refractivity contribution in [2.75, 3.05) is 0 Å². The van der Waals surface area contributed by atoms with Gasteiger partial charge in [0.25, 0.3) is 5.24 Å². The highest BCUT2D eigenvalue weighted by Gasteiger charge is 2.17. The van der Waals surface area contributed by atoms with E-state index in [1.54, 1.807) is 6.07 Å². The first kappa shape index (κ1) is 17.2. The third-order valence-electron chi connectivity index (χ3n) is 5.87. The summed E-state index contributed by atoms with van der Waals surface area (Å²) in [5.41, 5.74) is 1.39. The predicted octanol–water partition coefficient (Wildman–Crippen LogP) is 6.52. The summed E-state index contributed by atoms with van der Waals surface area (Å²) in [6, 6.07) is 25.4. The van der Waals surface area contributed by atoms with E-state index in [0.717, 1.165) is 32.3 Å². The number of benzene rings is 5.